The first-order chi connectivity index (χ1) is 13.4. The number of anilines is 1. The normalized spacial score (nSPS) is 17.6. The second-order valence-corrected chi connectivity index (χ2v) is 9.37. The van der Waals surface area contributed by atoms with E-state index in [2.05, 4.69) is 20.1 Å². The molecule has 0 bridgehead atoms. The fourth-order valence-corrected chi connectivity index (χ4v) is 4.12. The molecule has 1 aromatic carbocycles. The molecule has 1 N–H and O–H groups in total. The van der Waals surface area contributed by atoms with Gasteiger partial charge in [-0.3, -0.25) is 9.59 Å². The Morgan fingerprint density at radius 3 is 2.32 bits per heavy atom. The number of aromatic nitrogens is 3. The van der Waals surface area contributed by atoms with Crippen LogP contribution in [0.2, 0.25) is 0 Å². The van der Waals surface area contributed by atoms with E-state index in [9.17, 15) is 9.59 Å². The lowest BCUT2D eigenvalue weighted by atomic mass is 10.1. The lowest BCUT2D eigenvalue weighted by molar-refractivity contribution is -0.118. The van der Waals surface area contributed by atoms with Gasteiger partial charge in [-0.05, 0) is 56.9 Å². The van der Waals surface area contributed by atoms with Crippen LogP contribution in [0.1, 0.15) is 74.6 Å². The topological polar surface area (TPSA) is 76.9 Å². The number of carbonyl (C=O) groups excluding carboxylic acids is 2. The molecule has 2 aliphatic carbocycles. The average molecular weight is 399 g/mol. The molecular formula is C21H26N4O2S. The molecule has 1 aromatic heterocycles. The van der Waals surface area contributed by atoms with Gasteiger partial charge in [0.15, 0.2) is 10.9 Å². The summed E-state index contributed by atoms with van der Waals surface area (Å²) in [6, 6.07) is 7.62. The van der Waals surface area contributed by atoms with Crippen molar-refractivity contribution in [3.8, 4) is 0 Å². The van der Waals surface area contributed by atoms with Crippen molar-refractivity contribution in [3.63, 3.8) is 0 Å². The average Bonchev–Trinajstić information content (AvgIpc) is 3.60. The van der Waals surface area contributed by atoms with Crippen molar-refractivity contribution in [1.29, 1.82) is 0 Å². The number of Topliss-reactive ketones (excluding diaryl/α,β-unsaturated/α-hetero) is 1. The van der Waals surface area contributed by atoms with Gasteiger partial charge in [0.2, 0.25) is 5.91 Å². The summed E-state index contributed by atoms with van der Waals surface area (Å²) in [6.45, 7) is 5.62. The second-order valence-electron chi connectivity index (χ2n) is 8.06. The van der Waals surface area contributed by atoms with Crippen molar-refractivity contribution >= 4 is 29.1 Å². The van der Waals surface area contributed by atoms with E-state index in [1.807, 2.05) is 20.8 Å². The quantitative estimate of drug-likeness (QED) is 0.525. The molecule has 0 radical (unpaired) electrons. The van der Waals surface area contributed by atoms with E-state index in [-0.39, 0.29) is 22.9 Å². The number of nitrogens with zero attached hydrogens (tertiary/aromatic N) is 3. The first-order valence-corrected chi connectivity index (χ1v) is 10.9. The predicted molar refractivity (Wildman–Crippen MR) is 110 cm³/mol. The van der Waals surface area contributed by atoms with Gasteiger partial charge >= 0.3 is 0 Å². The number of hydrogen-bond donors (Lipinski definition) is 1. The maximum absolute atomic E-state index is 12.9. The van der Waals surface area contributed by atoms with Crippen LogP contribution in [-0.4, -0.2) is 31.7 Å². The Bertz CT molecular complexity index is 882. The Morgan fingerprint density at radius 2 is 1.75 bits per heavy atom. The smallest absolute Gasteiger partial charge is 0.226 e. The van der Waals surface area contributed by atoms with Crippen LogP contribution in [0, 0.1) is 5.92 Å². The van der Waals surface area contributed by atoms with E-state index in [1.54, 1.807) is 24.3 Å². The first-order valence-electron chi connectivity index (χ1n) is 10.0. The Balaban J connectivity index is 1.43. The Kier molecular flexibility index (Phi) is 5.27. The third-order valence-corrected chi connectivity index (χ3v) is 6.21. The summed E-state index contributed by atoms with van der Waals surface area (Å²) >= 11 is 1.50. The first kappa shape index (κ1) is 19.2. The molecule has 148 valence electrons. The fraction of sp³-hybridized carbons (Fsp3) is 0.524. The number of hydrogen-bond acceptors (Lipinski definition) is 5. The molecule has 1 atom stereocenters. The summed E-state index contributed by atoms with van der Waals surface area (Å²) in [5, 5.41) is 12.3. The molecule has 0 saturated heterocycles. The van der Waals surface area contributed by atoms with E-state index in [4.69, 9.17) is 0 Å². The van der Waals surface area contributed by atoms with Gasteiger partial charge in [0.25, 0.3) is 0 Å². The highest BCUT2D eigenvalue weighted by Crippen LogP contribution is 2.46. The third kappa shape index (κ3) is 4.14. The van der Waals surface area contributed by atoms with Gasteiger partial charge in [0.05, 0.1) is 5.25 Å². The van der Waals surface area contributed by atoms with Crippen LogP contribution in [-0.2, 0) is 4.79 Å². The summed E-state index contributed by atoms with van der Waals surface area (Å²) in [5.74, 6) is 1.61. The summed E-state index contributed by atoms with van der Waals surface area (Å²) < 4.78 is 2.27. The molecule has 2 fully saturated rings. The molecule has 28 heavy (non-hydrogen) atoms. The van der Waals surface area contributed by atoms with E-state index in [0.717, 1.165) is 11.0 Å². The zero-order valence-corrected chi connectivity index (χ0v) is 17.3. The number of thioether (sulfide) groups is 1. The monoisotopic (exact) mass is 398 g/mol. The molecule has 2 aliphatic rings. The zero-order valence-electron chi connectivity index (χ0n) is 16.5. The summed E-state index contributed by atoms with van der Waals surface area (Å²) in [7, 11) is 0. The summed E-state index contributed by atoms with van der Waals surface area (Å²) in [6.07, 6.45) is 4.75. The van der Waals surface area contributed by atoms with Crippen LogP contribution in [0.15, 0.2) is 29.4 Å². The Hall–Kier alpha value is -2.15. The molecule has 0 aliphatic heterocycles. The SMILES string of the molecule is CC(C)C(=O)Nc1ccc(C(=O)[C@H](C)Sc2nnc(C3CC3)n2C2CC2)cc1. The molecule has 0 unspecified atom stereocenters. The van der Waals surface area contributed by atoms with Gasteiger partial charge in [-0.1, -0.05) is 25.6 Å². The number of ketones is 1. The highest BCUT2D eigenvalue weighted by Gasteiger charge is 2.37. The zero-order chi connectivity index (χ0) is 19.8. The van der Waals surface area contributed by atoms with Crippen LogP contribution in [0.3, 0.4) is 0 Å². The number of benzene rings is 1. The minimum absolute atomic E-state index is 0.0334. The van der Waals surface area contributed by atoms with Gasteiger partial charge in [-0.25, -0.2) is 0 Å². The van der Waals surface area contributed by atoms with Gasteiger partial charge in [-0.2, -0.15) is 0 Å². The molecule has 6 nitrogen and oxygen atoms in total. The molecule has 2 aromatic rings. The van der Waals surface area contributed by atoms with Crippen LogP contribution in [0.4, 0.5) is 5.69 Å². The molecule has 2 saturated carbocycles. The van der Waals surface area contributed by atoms with Crippen molar-refractivity contribution in [2.75, 3.05) is 5.32 Å². The minimum atomic E-state index is -0.246. The molecule has 7 heteroatoms. The van der Waals surface area contributed by atoms with Crippen LogP contribution < -0.4 is 5.32 Å². The van der Waals surface area contributed by atoms with E-state index < -0.39 is 0 Å². The molecule has 1 heterocycles. The minimum Gasteiger partial charge on any atom is -0.326 e. The van der Waals surface area contributed by atoms with Crippen LogP contribution in [0.5, 0.6) is 0 Å². The molecule has 0 spiro atoms. The van der Waals surface area contributed by atoms with E-state index in [0.29, 0.717) is 23.2 Å². The van der Waals surface area contributed by atoms with Crippen molar-refractivity contribution in [2.45, 2.75) is 68.8 Å². The van der Waals surface area contributed by atoms with Crippen molar-refractivity contribution < 1.29 is 9.59 Å². The van der Waals surface area contributed by atoms with Crippen molar-refractivity contribution in [1.82, 2.24) is 14.8 Å². The second kappa shape index (κ2) is 7.70. The largest absolute Gasteiger partial charge is 0.326 e. The Morgan fingerprint density at radius 1 is 1.07 bits per heavy atom. The molecule has 4 rings (SSSR count). The number of amides is 1. The maximum atomic E-state index is 12.9. The van der Waals surface area contributed by atoms with Gasteiger partial charge < -0.3 is 9.88 Å². The lowest BCUT2D eigenvalue weighted by Crippen LogP contribution is -2.18. The Labute approximate surface area is 169 Å². The van der Waals surface area contributed by atoms with Gasteiger partial charge in [0, 0.05) is 29.1 Å². The number of carbonyl (C=O) groups is 2. The molecule has 1 amide bonds. The fourth-order valence-electron chi connectivity index (χ4n) is 3.12. The standard InChI is InChI=1S/C21H26N4O2S/c1-12(2)20(27)22-16-8-6-14(7-9-16)18(26)13(3)28-21-24-23-19(15-4-5-15)25(21)17-10-11-17/h6-9,12-13,15,17H,4-5,10-11H2,1-3H3,(H,22,27)/t13-/m0/s1. The predicted octanol–water partition coefficient (Wildman–Crippen LogP) is 4.45. The van der Waals surface area contributed by atoms with Gasteiger partial charge in [0.1, 0.15) is 5.82 Å². The van der Waals surface area contributed by atoms with Crippen molar-refractivity contribution in [2.24, 2.45) is 5.92 Å². The molecular weight excluding hydrogens is 372 g/mol. The lowest BCUT2D eigenvalue weighted by Gasteiger charge is -2.13. The summed E-state index contributed by atoms with van der Waals surface area (Å²) in [5.41, 5.74) is 1.35. The van der Waals surface area contributed by atoms with E-state index in [1.165, 1.54) is 37.4 Å². The van der Waals surface area contributed by atoms with E-state index >= 15 is 0 Å². The highest BCUT2D eigenvalue weighted by atomic mass is 32.2. The summed E-state index contributed by atoms with van der Waals surface area (Å²) in [4.78, 5) is 24.7. The van der Waals surface area contributed by atoms with Gasteiger partial charge in [-0.15, -0.1) is 10.2 Å². The highest BCUT2D eigenvalue weighted by molar-refractivity contribution is 8.00. The maximum Gasteiger partial charge on any atom is 0.226 e. The van der Waals surface area contributed by atoms with Crippen molar-refractivity contribution in [3.05, 3.63) is 35.7 Å². The number of nitrogens with one attached hydrogen (secondary N) is 1. The number of rotatable bonds is 8. The van der Waals surface area contributed by atoms with Crippen LogP contribution in [0.25, 0.3) is 0 Å². The third-order valence-electron chi connectivity index (χ3n) is 5.16. The van der Waals surface area contributed by atoms with Crippen LogP contribution >= 0.6 is 11.8 Å².